The SMILES string of the molecule is NC/C=C\C=CC(=O)CCCCCC(=O)Nc1ccccc1N. The second kappa shape index (κ2) is 11.2. The number of ketones is 1. The largest absolute Gasteiger partial charge is 0.397 e. The molecular formula is C18H25N3O2. The van der Waals surface area contributed by atoms with Crippen molar-refractivity contribution in [2.24, 2.45) is 5.73 Å². The van der Waals surface area contributed by atoms with Crippen LogP contribution < -0.4 is 16.8 Å². The highest BCUT2D eigenvalue weighted by molar-refractivity contribution is 5.93. The zero-order valence-electron chi connectivity index (χ0n) is 13.3. The van der Waals surface area contributed by atoms with Crippen molar-refractivity contribution in [1.82, 2.24) is 0 Å². The van der Waals surface area contributed by atoms with Gasteiger partial charge in [0.05, 0.1) is 11.4 Å². The highest BCUT2D eigenvalue weighted by atomic mass is 16.1. The van der Waals surface area contributed by atoms with E-state index in [-0.39, 0.29) is 11.7 Å². The first-order valence-electron chi connectivity index (χ1n) is 7.84. The van der Waals surface area contributed by atoms with Gasteiger partial charge in [-0.25, -0.2) is 0 Å². The number of nitrogen functional groups attached to an aromatic ring is 1. The molecule has 1 aromatic rings. The molecule has 5 heteroatoms. The standard InChI is InChI=1S/C18H25N3O2/c19-14-8-2-4-10-15(22)9-3-1-5-13-18(23)21-17-12-7-6-11-16(17)20/h2,4,6-8,10-12H,1,3,5,9,13-14,19-20H2,(H,21,23)/b8-2-,10-4?. The average molecular weight is 315 g/mol. The lowest BCUT2D eigenvalue weighted by Crippen LogP contribution is -2.12. The van der Waals surface area contributed by atoms with Crippen LogP contribution in [0, 0.1) is 0 Å². The summed E-state index contributed by atoms with van der Waals surface area (Å²) in [5.74, 6) is 0.0363. The lowest BCUT2D eigenvalue weighted by atomic mass is 10.1. The van der Waals surface area contributed by atoms with Gasteiger partial charge in [0.25, 0.3) is 0 Å². The van der Waals surface area contributed by atoms with E-state index in [9.17, 15) is 9.59 Å². The molecule has 1 aromatic carbocycles. The first-order valence-corrected chi connectivity index (χ1v) is 7.84. The van der Waals surface area contributed by atoms with Crippen molar-refractivity contribution in [1.29, 1.82) is 0 Å². The van der Waals surface area contributed by atoms with Crippen LogP contribution in [0.25, 0.3) is 0 Å². The summed E-state index contributed by atoms with van der Waals surface area (Å²) < 4.78 is 0. The predicted octanol–water partition coefficient (Wildman–Crippen LogP) is 2.80. The molecule has 0 spiro atoms. The number of allylic oxidation sites excluding steroid dienone is 3. The molecule has 0 heterocycles. The number of hydrogen-bond donors (Lipinski definition) is 3. The van der Waals surface area contributed by atoms with E-state index < -0.39 is 0 Å². The third-order valence-electron chi connectivity index (χ3n) is 3.23. The lowest BCUT2D eigenvalue weighted by molar-refractivity contribution is -0.116. The Bertz CT molecular complexity index is 565. The van der Waals surface area contributed by atoms with Crippen molar-refractivity contribution in [3.8, 4) is 0 Å². The Balaban J connectivity index is 2.14. The fraction of sp³-hybridized carbons (Fsp3) is 0.333. The number of benzene rings is 1. The van der Waals surface area contributed by atoms with Crippen LogP contribution in [-0.4, -0.2) is 18.2 Å². The summed E-state index contributed by atoms with van der Waals surface area (Å²) in [4.78, 5) is 23.3. The summed E-state index contributed by atoms with van der Waals surface area (Å²) in [6.07, 6.45) is 10.1. The number of unbranched alkanes of at least 4 members (excludes halogenated alkanes) is 2. The summed E-state index contributed by atoms with van der Waals surface area (Å²) in [7, 11) is 0. The molecule has 5 N–H and O–H groups in total. The molecule has 23 heavy (non-hydrogen) atoms. The summed E-state index contributed by atoms with van der Waals surface area (Å²) >= 11 is 0. The number of rotatable bonds is 10. The highest BCUT2D eigenvalue weighted by Gasteiger charge is 2.04. The Morgan fingerprint density at radius 2 is 1.78 bits per heavy atom. The van der Waals surface area contributed by atoms with Gasteiger partial charge in [-0.05, 0) is 31.1 Å². The molecule has 124 valence electrons. The van der Waals surface area contributed by atoms with Gasteiger partial charge in [0.15, 0.2) is 5.78 Å². The van der Waals surface area contributed by atoms with Gasteiger partial charge in [0.2, 0.25) is 5.91 Å². The highest BCUT2D eigenvalue weighted by Crippen LogP contribution is 2.17. The van der Waals surface area contributed by atoms with E-state index in [4.69, 9.17) is 11.5 Å². The van der Waals surface area contributed by atoms with Crippen LogP contribution in [0.2, 0.25) is 0 Å². The van der Waals surface area contributed by atoms with Crippen LogP contribution in [0.15, 0.2) is 48.6 Å². The molecule has 1 amide bonds. The minimum absolute atomic E-state index is 0.0546. The van der Waals surface area contributed by atoms with Gasteiger partial charge in [-0.3, -0.25) is 9.59 Å². The van der Waals surface area contributed by atoms with Crippen molar-refractivity contribution in [2.75, 3.05) is 17.6 Å². The van der Waals surface area contributed by atoms with Crippen molar-refractivity contribution >= 4 is 23.1 Å². The van der Waals surface area contributed by atoms with E-state index in [2.05, 4.69) is 5.32 Å². The zero-order chi connectivity index (χ0) is 16.9. The molecular weight excluding hydrogens is 290 g/mol. The minimum atomic E-state index is -0.0546. The molecule has 0 bridgehead atoms. The number of carbonyl (C=O) groups is 2. The molecule has 0 fully saturated rings. The Morgan fingerprint density at radius 1 is 1.04 bits per heavy atom. The van der Waals surface area contributed by atoms with Gasteiger partial charge < -0.3 is 16.8 Å². The van der Waals surface area contributed by atoms with E-state index in [0.29, 0.717) is 30.8 Å². The van der Waals surface area contributed by atoms with Crippen LogP contribution >= 0.6 is 0 Å². The molecule has 0 radical (unpaired) electrons. The number of carbonyl (C=O) groups excluding carboxylic acids is 2. The number of anilines is 2. The Kier molecular flexibility index (Phi) is 9.09. The molecule has 5 nitrogen and oxygen atoms in total. The van der Waals surface area contributed by atoms with Crippen LogP contribution in [0.1, 0.15) is 32.1 Å². The predicted molar refractivity (Wildman–Crippen MR) is 94.9 cm³/mol. The fourth-order valence-corrected chi connectivity index (χ4v) is 1.99. The Morgan fingerprint density at radius 3 is 2.52 bits per heavy atom. The van der Waals surface area contributed by atoms with E-state index in [1.54, 1.807) is 36.4 Å². The normalized spacial score (nSPS) is 11.2. The second-order valence-electron chi connectivity index (χ2n) is 5.19. The number of para-hydroxylation sites is 2. The number of hydrogen-bond acceptors (Lipinski definition) is 4. The average Bonchev–Trinajstić information content (AvgIpc) is 2.53. The quantitative estimate of drug-likeness (QED) is 0.267. The van der Waals surface area contributed by atoms with Gasteiger partial charge in [-0.1, -0.05) is 36.8 Å². The molecule has 0 saturated heterocycles. The van der Waals surface area contributed by atoms with Crippen molar-refractivity contribution in [2.45, 2.75) is 32.1 Å². The van der Waals surface area contributed by atoms with Crippen LogP contribution in [0.4, 0.5) is 11.4 Å². The fourth-order valence-electron chi connectivity index (χ4n) is 1.99. The van der Waals surface area contributed by atoms with Gasteiger partial charge in [-0.2, -0.15) is 0 Å². The maximum absolute atomic E-state index is 11.8. The topological polar surface area (TPSA) is 98.2 Å². The number of amides is 1. The molecule has 0 aromatic heterocycles. The third-order valence-corrected chi connectivity index (χ3v) is 3.23. The molecule has 0 aliphatic rings. The summed E-state index contributed by atoms with van der Waals surface area (Å²) in [6.45, 7) is 0.467. The monoisotopic (exact) mass is 315 g/mol. The Labute approximate surface area is 137 Å². The number of nitrogens with one attached hydrogen (secondary N) is 1. The smallest absolute Gasteiger partial charge is 0.224 e. The van der Waals surface area contributed by atoms with E-state index in [1.165, 1.54) is 0 Å². The van der Waals surface area contributed by atoms with Gasteiger partial charge in [0.1, 0.15) is 0 Å². The Hall–Kier alpha value is -2.40. The van der Waals surface area contributed by atoms with Gasteiger partial charge in [0, 0.05) is 19.4 Å². The van der Waals surface area contributed by atoms with E-state index in [1.807, 2.05) is 12.1 Å². The zero-order valence-corrected chi connectivity index (χ0v) is 13.3. The summed E-state index contributed by atoms with van der Waals surface area (Å²) in [5.41, 5.74) is 12.3. The summed E-state index contributed by atoms with van der Waals surface area (Å²) in [6, 6.07) is 7.17. The molecule has 1 rings (SSSR count). The van der Waals surface area contributed by atoms with Crippen LogP contribution in [-0.2, 0) is 9.59 Å². The van der Waals surface area contributed by atoms with Crippen LogP contribution in [0.5, 0.6) is 0 Å². The molecule has 0 saturated carbocycles. The van der Waals surface area contributed by atoms with Crippen molar-refractivity contribution in [3.05, 3.63) is 48.6 Å². The molecule has 0 aliphatic carbocycles. The van der Waals surface area contributed by atoms with Crippen LogP contribution in [0.3, 0.4) is 0 Å². The lowest BCUT2D eigenvalue weighted by Gasteiger charge is -2.07. The second-order valence-corrected chi connectivity index (χ2v) is 5.19. The first-order chi connectivity index (χ1) is 11.1. The third kappa shape index (κ3) is 8.58. The van der Waals surface area contributed by atoms with E-state index in [0.717, 1.165) is 19.3 Å². The maximum atomic E-state index is 11.8. The van der Waals surface area contributed by atoms with Crippen molar-refractivity contribution < 1.29 is 9.59 Å². The number of nitrogens with two attached hydrogens (primary N) is 2. The molecule has 0 unspecified atom stereocenters. The molecule has 0 atom stereocenters. The molecule has 0 aliphatic heterocycles. The van der Waals surface area contributed by atoms with Gasteiger partial charge in [-0.15, -0.1) is 0 Å². The maximum Gasteiger partial charge on any atom is 0.224 e. The van der Waals surface area contributed by atoms with Crippen molar-refractivity contribution in [3.63, 3.8) is 0 Å². The van der Waals surface area contributed by atoms with Gasteiger partial charge >= 0.3 is 0 Å². The minimum Gasteiger partial charge on any atom is -0.397 e. The summed E-state index contributed by atoms with van der Waals surface area (Å²) in [5, 5.41) is 2.79. The van der Waals surface area contributed by atoms with E-state index >= 15 is 0 Å². The first kappa shape index (κ1) is 18.6.